The first-order valence-electron chi connectivity index (χ1n) is 6.23. The van der Waals surface area contributed by atoms with E-state index in [1.54, 1.807) is 12.0 Å². The van der Waals surface area contributed by atoms with Crippen molar-refractivity contribution in [1.82, 2.24) is 4.90 Å². The largest absolute Gasteiger partial charge is 0.480 e. The van der Waals surface area contributed by atoms with Crippen molar-refractivity contribution in [1.29, 1.82) is 0 Å². The van der Waals surface area contributed by atoms with Gasteiger partial charge in [0.25, 0.3) is 0 Å². The SMILES string of the molecule is COCCN(Cc1ccccc1)C(=O)COCC(=O)O. The van der Waals surface area contributed by atoms with E-state index in [1.165, 1.54) is 0 Å². The number of carboxylic acid groups (broad SMARTS) is 1. The van der Waals surface area contributed by atoms with Gasteiger partial charge in [-0.25, -0.2) is 4.79 Å². The molecule has 6 nitrogen and oxygen atoms in total. The van der Waals surface area contributed by atoms with Gasteiger partial charge in [0.05, 0.1) is 6.61 Å². The number of nitrogens with zero attached hydrogens (tertiary/aromatic N) is 1. The molecule has 0 fully saturated rings. The Hall–Kier alpha value is -1.92. The van der Waals surface area contributed by atoms with E-state index in [0.29, 0.717) is 19.7 Å². The molecule has 1 aromatic rings. The van der Waals surface area contributed by atoms with Crippen LogP contribution < -0.4 is 0 Å². The van der Waals surface area contributed by atoms with Crippen molar-refractivity contribution in [3.05, 3.63) is 35.9 Å². The number of carbonyl (C=O) groups excluding carboxylic acids is 1. The zero-order valence-corrected chi connectivity index (χ0v) is 11.4. The summed E-state index contributed by atoms with van der Waals surface area (Å²) in [6, 6.07) is 9.54. The lowest BCUT2D eigenvalue weighted by Gasteiger charge is -2.22. The molecule has 0 atom stereocenters. The molecule has 0 unspecified atom stereocenters. The second-order valence-corrected chi connectivity index (χ2v) is 4.18. The highest BCUT2D eigenvalue weighted by Gasteiger charge is 2.14. The average Bonchev–Trinajstić information content (AvgIpc) is 2.44. The third-order valence-corrected chi connectivity index (χ3v) is 2.59. The van der Waals surface area contributed by atoms with Crippen LogP contribution in [0.2, 0.25) is 0 Å². The van der Waals surface area contributed by atoms with Crippen LogP contribution in [0.5, 0.6) is 0 Å². The van der Waals surface area contributed by atoms with Crippen molar-refractivity contribution in [3.63, 3.8) is 0 Å². The molecule has 0 aliphatic carbocycles. The number of amides is 1. The van der Waals surface area contributed by atoms with Gasteiger partial charge in [-0.2, -0.15) is 0 Å². The molecule has 0 saturated carbocycles. The summed E-state index contributed by atoms with van der Waals surface area (Å²) < 4.78 is 9.80. The van der Waals surface area contributed by atoms with Crippen LogP contribution in [0.1, 0.15) is 5.56 Å². The van der Waals surface area contributed by atoms with E-state index < -0.39 is 12.6 Å². The van der Waals surface area contributed by atoms with Crippen LogP contribution in [0.15, 0.2) is 30.3 Å². The molecule has 0 aliphatic heterocycles. The van der Waals surface area contributed by atoms with Crippen LogP contribution in [-0.2, 0) is 25.6 Å². The first-order chi connectivity index (χ1) is 9.63. The Morgan fingerprint density at radius 3 is 2.50 bits per heavy atom. The molecule has 0 saturated heterocycles. The number of rotatable bonds is 9. The quantitative estimate of drug-likeness (QED) is 0.723. The summed E-state index contributed by atoms with van der Waals surface area (Å²) in [5.74, 6) is -1.35. The maximum atomic E-state index is 12.0. The van der Waals surface area contributed by atoms with Crippen molar-refractivity contribution in [2.75, 3.05) is 33.5 Å². The second kappa shape index (κ2) is 9.06. The minimum atomic E-state index is -1.09. The molecule has 1 rings (SSSR count). The van der Waals surface area contributed by atoms with Gasteiger partial charge in [0.15, 0.2) is 0 Å². The van der Waals surface area contributed by atoms with Gasteiger partial charge in [0.2, 0.25) is 5.91 Å². The molecule has 6 heteroatoms. The van der Waals surface area contributed by atoms with Crippen molar-refractivity contribution in [2.24, 2.45) is 0 Å². The third kappa shape index (κ3) is 6.31. The molecule has 110 valence electrons. The molecular weight excluding hydrogens is 262 g/mol. The maximum Gasteiger partial charge on any atom is 0.329 e. The summed E-state index contributed by atoms with van der Waals surface area (Å²) in [6.07, 6.45) is 0. The summed E-state index contributed by atoms with van der Waals surface area (Å²) in [5, 5.41) is 8.47. The topological polar surface area (TPSA) is 76.1 Å². The molecule has 20 heavy (non-hydrogen) atoms. The molecule has 0 bridgehead atoms. The van der Waals surface area contributed by atoms with Crippen LogP contribution in [0.3, 0.4) is 0 Å². The van der Waals surface area contributed by atoms with Gasteiger partial charge in [-0.3, -0.25) is 4.79 Å². The van der Waals surface area contributed by atoms with Crippen LogP contribution >= 0.6 is 0 Å². The summed E-state index contributed by atoms with van der Waals surface area (Å²) >= 11 is 0. The standard InChI is InChI=1S/C14H19NO5/c1-19-8-7-15(9-12-5-3-2-4-6-12)13(16)10-20-11-14(17)18/h2-6H,7-11H2,1H3,(H,17,18). The molecule has 1 amide bonds. The van der Waals surface area contributed by atoms with E-state index in [2.05, 4.69) is 0 Å². The molecule has 0 radical (unpaired) electrons. The Morgan fingerprint density at radius 1 is 1.20 bits per heavy atom. The van der Waals surface area contributed by atoms with Crippen molar-refractivity contribution >= 4 is 11.9 Å². The Morgan fingerprint density at radius 2 is 1.90 bits per heavy atom. The zero-order valence-electron chi connectivity index (χ0n) is 11.4. The van der Waals surface area contributed by atoms with Crippen molar-refractivity contribution in [2.45, 2.75) is 6.54 Å². The van der Waals surface area contributed by atoms with Crippen LogP contribution in [0.4, 0.5) is 0 Å². The highest BCUT2D eigenvalue weighted by molar-refractivity contribution is 5.78. The Balaban J connectivity index is 2.54. The van der Waals surface area contributed by atoms with Crippen molar-refractivity contribution in [3.8, 4) is 0 Å². The molecule has 0 aliphatic rings. The number of hydrogen-bond donors (Lipinski definition) is 1. The molecule has 0 spiro atoms. The van der Waals surface area contributed by atoms with Gasteiger partial charge in [0, 0.05) is 20.2 Å². The zero-order chi connectivity index (χ0) is 14.8. The lowest BCUT2D eigenvalue weighted by Crippen LogP contribution is -2.36. The Labute approximate surface area is 117 Å². The van der Waals surface area contributed by atoms with Crippen LogP contribution in [-0.4, -0.2) is 55.4 Å². The van der Waals surface area contributed by atoms with Gasteiger partial charge in [-0.05, 0) is 5.56 Å². The predicted molar refractivity (Wildman–Crippen MR) is 72.2 cm³/mol. The molecule has 0 aromatic heterocycles. The third-order valence-electron chi connectivity index (χ3n) is 2.59. The average molecular weight is 281 g/mol. The normalized spacial score (nSPS) is 10.2. The number of hydrogen-bond acceptors (Lipinski definition) is 4. The summed E-state index contributed by atoms with van der Waals surface area (Å²) in [7, 11) is 1.56. The molecule has 1 aromatic carbocycles. The number of benzene rings is 1. The molecule has 0 heterocycles. The van der Waals surface area contributed by atoms with Crippen molar-refractivity contribution < 1.29 is 24.2 Å². The predicted octanol–water partition coefficient (Wildman–Crippen LogP) is 0.763. The van der Waals surface area contributed by atoms with E-state index in [4.69, 9.17) is 14.6 Å². The fourth-order valence-electron chi connectivity index (χ4n) is 1.61. The lowest BCUT2D eigenvalue weighted by molar-refractivity contribution is -0.146. The Bertz CT molecular complexity index is 421. The summed E-state index contributed by atoms with van der Waals surface area (Å²) in [4.78, 5) is 23.9. The number of methoxy groups -OCH3 is 1. The van der Waals surface area contributed by atoms with Gasteiger partial charge in [-0.15, -0.1) is 0 Å². The van der Waals surface area contributed by atoms with E-state index in [9.17, 15) is 9.59 Å². The van der Waals surface area contributed by atoms with Gasteiger partial charge < -0.3 is 19.5 Å². The van der Waals surface area contributed by atoms with Gasteiger partial charge in [-0.1, -0.05) is 30.3 Å². The van der Waals surface area contributed by atoms with E-state index in [-0.39, 0.29) is 12.5 Å². The van der Waals surface area contributed by atoms with E-state index in [0.717, 1.165) is 5.56 Å². The number of aliphatic carboxylic acids is 1. The van der Waals surface area contributed by atoms with Gasteiger partial charge >= 0.3 is 5.97 Å². The van der Waals surface area contributed by atoms with Crippen LogP contribution in [0.25, 0.3) is 0 Å². The highest BCUT2D eigenvalue weighted by Crippen LogP contribution is 2.05. The monoisotopic (exact) mass is 281 g/mol. The minimum absolute atomic E-state index is 0.247. The molecular formula is C14H19NO5. The summed E-state index contributed by atoms with van der Waals surface area (Å²) in [6.45, 7) is 0.565. The first-order valence-corrected chi connectivity index (χ1v) is 6.23. The Kier molecular flexibility index (Phi) is 7.31. The second-order valence-electron chi connectivity index (χ2n) is 4.18. The maximum absolute atomic E-state index is 12.0. The van der Waals surface area contributed by atoms with E-state index >= 15 is 0 Å². The summed E-state index contributed by atoms with van der Waals surface area (Å²) in [5.41, 5.74) is 0.996. The van der Waals surface area contributed by atoms with Crippen LogP contribution in [0, 0.1) is 0 Å². The minimum Gasteiger partial charge on any atom is -0.480 e. The van der Waals surface area contributed by atoms with Gasteiger partial charge in [0.1, 0.15) is 13.2 Å². The van der Waals surface area contributed by atoms with E-state index in [1.807, 2.05) is 30.3 Å². The number of carbonyl (C=O) groups is 2. The smallest absolute Gasteiger partial charge is 0.329 e. The first kappa shape index (κ1) is 16.1. The fraction of sp³-hybridized carbons (Fsp3) is 0.429. The highest BCUT2D eigenvalue weighted by atomic mass is 16.5. The molecule has 1 N–H and O–H groups in total. The number of ether oxygens (including phenoxy) is 2. The fourth-order valence-corrected chi connectivity index (χ4v) is 1.61. The number of carboxylic acids is 1. The lowest BCUT2D eigenvalue weighted by atomic mass is 10.2.